The molecule has 0 aliphatic rings. The Morgan fingerprint density at radius 2 is 1.23 bits per heavy atom. The number of hydrogen-bond acceptors (Lipinski definition) is 6. The van der Waals surface area contributed by atoms with E-state index in [0.29, 0.717) is 35.2 Å². The van der Waals surface area contributed by atoms with Crippen LogP contribution >= 0.6 is 16.1 Å². The van der Waals surface area contributed by atoms with Crippen LogP contribution in [-0.4, -0.2) is 27.4 Å². The van der Waals surface area contributed by atoms with Crippen LogP contribution in [0.4, 0.5) is 0 Å². The van der Waals surface area contributed by atoms with Gasteiger partial charge in [-0.25, -0.2) is 0 Å². The van der Waals surface area contributed by atoms with E-state index in [2.05, 4.69) is 0 Å². The summed E-state index contributed by atoms with van der Waals surface area (Å²) in [6, 6.07) is 3.32. The highest BCUT2D eigenvalue weighted by Crippen LogP contribution is 2.26. The number of rotatable bonds is 8. The van der Waals surface area contributed by atoms with Crippen molar-refractivity contribution in [3.05, 3.63) is 22.6 Å². The van der Waals surface area contributed by atoms with Gasteiger partial charge in [0.25, 0.3) is 0 Å². The third-order valence-corrected chi connectivity index (χ3v) is 4.59. The largest absolute Gasteiger partial charge is 0.541 e. The van der Waals surface area contributed by atoms with Crippen molar-refractivity contribution in [2.24, 2.45) is 0 Å². The Morgan fingerprint density at radius 1 is 0.864 bits per heavy atom. The van der Waals surface area contributed by atoms with Gasteiger partial charge >= 0.3 is 16.1 Å². The van der Waals surface area contributed by atoms with Gasteiger partial charge in [-0.15, -0.1) is 9.05 Å². The number of hydrogen-bond donors (Lipinski definition) is 0. The van der Waals surface area contributed by atoms with Crippen LogP contribution < -0.4 is 19.9 Å². The third-order valence-electron chi connectivity index (χ3n) is 2.58. The summed E-state index contributed by atoms with van der Waals surface area (Å²) in [5.41, 5.74) is 0. The summed E-state index contributed by atoms with van der Waals surface area (Å²) in [6.45, 7) is 4.24. The molecule has 0 aromatic heterocycles. The molecule has 2 unspecified atom stereocenters. The van der Waals surface area contributed by atoms with Gasteiger partial charge in [0.15, 0.2) is 11.6 Å². The maximum absolute atomic E-state index is 11.7. The van der Waals surface area contributed by atoms with Crippen LogP contribution in [0.1, 0.15) is 13.8 Å². The molecule has 2 atom stereocenters. The van der Waals surface area contributed by atoms with Crippen LogP contribution in [-0.2, 0) is 18.2 Å². The fourth-order valence-corrected chi connectivity index (χ4v) is 3.22. The normalized spacial score (nSPS) is 14.0. The SMILES string of the molecule is CCO[P+](=O)C=c1cc(OC)c(=C[P+](=O)OCC)cc1OC. The minimum atomic E-state index is -1.93. The zero-order valence-corrected chi connectivity index (χ0v) is 14.9. The molecule has 0 aliphatic heterocycles. The molecule has 0 radical (unpaired) electrons. The first kappa shape index (κ1) is 18.7. The molecule has 1 rings (SSSR count). The lowest BCUT2D eigenvalue weighted by Crippen LogP contribution is -2.14. The molecule has 1 aromatic carbocycles. The Hall–Kier alpha value is -1.32. The van der Waals surface area contributed by atoms with Crippen molar-refractivity contribution < 1.29 is 27.7 Å². The average Bonchev–Trinajstić information content (AvgIpc) is 2.48. The highest BCUT2D eigenvalue weighted by Gasteiger charge is 2.16. The smallest absolute Gasteiger partial charge is 0.496 e. The van der Waals surface area contributed by atoms with E-state index in [9.17, 15) is 9.13 Å². The van der Waals surface area contributed by atoms with Crippen LogP contribution in [0.5, 0.6) is 11.5 Å². The van der Waals surface area contributed by atoms with E-state index >= 15 is 0 Å². The molecular weight excluding hydrogens is 326 g/mol. The highest BCUT2D eigenvalue weighted by atomic mass is 31.1. The van der Waals surface area contributed by atoms with Crippen molar-refractivity contribution in [2.45, 2.75) is 13.8 Å². The van der Waals surface area contributed by atoms with Crippen LogP contribution in [0, 0.1) is 0 Å². The van der Waals surface area contributed by atoms with Crippen molar-refractivity contribution in [2.75, 3.05) is 27.4 Å². The van der Waals surface area contributed by atoms with Gasteiger partial charge in [0.05, 0.1) is 24.7 Å². The standard InChI is InChI=1S/C14H20O6P2/c1-5-19-21(15)9-11-7-14(18-4)12(8-13(11)17-3)10-22(16)20-6-2/h7-10H,5-6H2,1-4H3/q+2. The van der Waals surface area contributed by atoms with Crippen molar-refractivity contribution in [3.8, 4) is 11.5 Å². The molecule has 0 N–H and O–H groups in total. The Balaban J connectivity index is 3.41. The summed E-state index contributed by atoms with van der Waals surface area (Å²) < 4.78 is 44.1. The molecule has 6 nitrogen and oxygen atoms in total. The van der Waals surface area contributed by atoms with Crippen LogP contribution in [0.25, 0.3) is 11.6 Å². The molecule has 22 heavy (non-hydrogen) atoms. The quantitative estimate of drug-likeness (QED) is 0.674. The van der Waals surface area contributed by atoms with Crippen molar-refractivity contribution >= 4 is 27.7 Å². The van der Waals surface area contributed by atoms with Gasteiger partial charge in [-0.2, -0.15) is 0 Å². The predicted molar refractivity (Wildman–Crippen MR) is 86.2 cm³/mol. The Bertz CT molecular complexity index is 598. The average molecular weight is 346 g/mol. The summed E-state index contributed by atoms with van der Waals surface area (Å²) in [5.74, 6) is 3.89. The summed E-state index contributed by atoms with van der Waals surface area (Å²) in [7, 11) is -0.864. The second kappa shape index (κ2) is 9.65. The molecule has 8 heteroatoms. The van der Waals surface area contributed by atoms with E-state index in [0.717, 1.165) is 0 Å². The molecular formula is C14H20O6P2+2. The Kier molecular flexibility index (Phi) is 8.21. The van der Waals surface area contributed by atoms with Gasteiger partial charge in [-0.1, -0.05) is 0 Å². The monoisotopic (exact) mass is 346 g/mol. The van der Waals surface area contributed by atoms with Gasteiger partial charge in [-0.3, -0.25) is 0 Å². The summed E-state index contributed by atoms with van der Waals surface area (Å²) in [5, 5.41) is 1.16. The van der Waals surface area contributed by atoms with Crippen LogP contribution in [0.3, 0.4) is 0 Å². The fourth-order valence-electron chi connectivity index (χ4n) is 1.70. The Morgan fingerprint density at radius 3 is 1.50 bits per heavy atom. The van der Waals surface area contributed by atoms with Crippen LogP contribution in [0.2, 0.25) is 0 Å². The van der Waals surface area contributed by atoms with Crippen molar-refractivity contribution in [1.82, 2.24) is 0 Å². The molecule has 0 amide bonds. The predicted octanol–water partition coefficient (Wildman–Crippen LogP) is 2.74. The molecule has 0 saturated carbocycles. The van der Waals surface area contributed by atoms with Gasteiger partial charge in [0, 0.05) is 0 Å². The third kappa shape index (κ3) is 5.47. The van der Waals surface area contributed by atoms with Crippen molar-refractivity contribution in [1.29, 1.82) is 0 Å². The lowest BCUT2D eigenvalue weighted by molar-refractivity contribution is 0.357. The maximum Gasteiger partial charge on any atom is 0.541 e. The first-order chi connectivity index (χ1) is 10.5. The minimum absolute atomic E-state index is 0.353. The minimum Gasteiger partial charge on any atom is -0.496 e. The topological polar surface area (TPSA) is 71.1 Å². The molecule has 0 heterocycles. The molecule has 0 spiro atoms. The summed E-state index contributed by atoms with van der Waals surface area (Å²) >= 11 is 0. The van der Waals surface area contributed by atoms with Gasteiger partial charge < -0.3 is 9.47 Å². The van der Waals surface area contributed by atoms with E-state index in [1.165, 1.54) is 25.9 Å². The molecule has 1 aromatic rings. The summed E-state index contributed by atoms with van der Waals surface area (Å²) in [6.07, 6.45) is 0. The van der Waals surface area contributed by atoms with Gasteiger partial charge in [0.2, 0.25) is 0 Å². The van der Waals surface area contributed by atoms with Gasteiger partial charge in [0.1, 0.15) is 24.7 Å². The van der Waals surface area contributed by atoms with E-state index in [1.54, 1.807) is 26.0 Å². The molecule has 0 bridgehead atoms. The highest BCUT2D eigenvalue weighted by molar-refractivity contribution is 7.49. The lowest BCUT2D eigenvalue weighted by Gasteiger charge is -2.03. The molecule has 0 aliphatic carbocycles. The van der Waals surface area contributed by atoms with Crippen molar-refractivity contribution in [3.63, 3.8) is 0 Å². The molecule has 0 fully saturated rings. The fraction of sp³-hybridized carbons (Fsp3) is 0.429. The summed E-state index contributed by atoms with van der Waals surface area (Å²) in [4.78, 5) is 0. The second-order valence-electron chi connectivity index (χ2n) is 4.00. The number of ether oxygens (including phenoxy) is 2. The van der Waals surface area contributed by atoms with E-state index in [1.807, 2.05) is 0 Å². The van der Waals surface area contributed by atoms with Crippen LogP contribution in [0.15, 0.2) is 12.1 Å². The molecule has 120 valence electrons. The first-order valence-electron chi connectivity index (χ1n) is 6.70. The first-order valence-corrected chi connectivity index (χ1v) is 9.19. The van der Waals surface area contributed by atoms with Gasteiger partial charge in [-0.05, 0) is 35.1 Å². The zero-order chi connectivity index (χ0) is 16.5. The maximum atomic E-state index is 11.7. The second-order valence-corrected chi connectivity index (χ2v) is 6.17. The van der Waals surface area contributed by atoms with E-state index in [4.69, 9.17) is 18.5 Å². The number of methoxy groups -OCH3 is 2. The zero-order valence-electron chi connectivity index (χ0n) is 13.1. The Labute approximate surface area is 131 Å². The molecule has 0 saturated heterocycles. The lowest BCUT2D eigenvalue weighted by atomic mass is 10.2. The van der Waals surface area contributed by atoms with E-state index < -0.39 is 16.1 Å². The van der Waals surface area contributed by atoms with E-state index in [-0.39, 0.29) is 0 Å². The number of benzene rings is 1.